The maximum Gasteiger partial charge on any atom is 0.279 e. The zero-order valence-corrected chi connectivity index (χ0v) is 16.3. The summed E-state index contributed by atoms with van der Waals surface area (Å²) >= 11 is 0. The Bertz CT molecular complexity index is 676. The first-order chi connectivity index (χ1) is 11.7. The molecule has 3 N–H and O–H groups in total. The molecule has 0 saturated carbocycles. The summed E-state index contributed by atoms with van der Waals surface area (Å²) in [6.07, 6.45) is 2.85. The second kappa shape index (κ2) is 8.29. The van der Waals surface area contributed by atoms with E-state index < -0.39 is 10.0 Å². The van der Waals surface area contributed by atoms with Crippen LogP contribution in [0.4, 0.5) is 5.69 Å². The van der Waals surface area contributed by atoms with Crippen molar-refractivity contribution in [1.82, 2.24) is 4.31 Å². The summed E-state index contributed by atoms with van der Waals surface area (Å²) in [5, 5.41) is 4.73. The predicted molar refractivity (Wildman–Crippen MR) is 98.8 cm³/mol. The fourth-order valence-electron chi connectivity index (χ4n) is 3.26. The molecular formula is C18H30N3O3S+. The predicted octanol–water partition coefficient (Wildman–Crippen LogP) is 1.55. The number of quaternary nitrogens is 1. The number of piperidine rings is 1. The van der Waals surface area contributed by atoms with Gasteiger partial charge in [0.1, 0.15) is 0 Å². The van der Waals surface area contributed by atoms with Crippen LogP contribution >= 0.6 is 0 Å². The van der Waals surface area contributed by atoms with Gasteiger partial charge >= 0.3 is 0 Å². The minimum absolute atomic E-state index is 0.0136. The molecule has 1 aromatic rings. The lowest BCUT2D eigenvalue weighted by Gasteiger charge is -2.37. The van der Waals surface area contributed by atoms with E-state index >= 15 is 0 Å². The Kier molecular flexibility index (Phi) is 6.59. The second-order valence-electron chi connectivity index (χ2n) is 7.22. The van der Waals surface area contributed by atoms with Crippen molar-refractivity contribution in [2.24, 2.45) is 0 Å². The number of nitrogens with one attached hydrogen (secondary N) is 1. The van der Waals surface area contributed by atoms with Crippen molar-refractivity contribution >= 4 is 21.6 Å². The minimum atomic E-state index is -3.51. The third kappa shape index (κ3) is 5.03. The van der Waals surface area contributed by atoms with E-state index in [2.05, 4.69) is 5.32 Å². The number of nitrogens with zero attached hydrogens (tertiary/aromatic N) is 1. The molecule has 2 atom stereocenters. The summed E-state index contributed by atoms with van der Waals surface area (Å²) in [5.74, 6) is -0.0948. The smallest absolute Gasteiger partial charge is 0.279 e. The Balaban J connectivity index is 2.09. The molecule has 0 unspecified atom stereocenters. The van der Waals surface area contributed by atoms with Crippen LogP contribution in [0.3, 0.4) is 0 Å². The van der Waals surface area contributed by atoms with E-state index in [0.717, 1.165) is 19.3 Å². The highest BCUT2D eigenvalue weighted by molar-refractivity contribution is 7.89. The average Bonchev–Trinajstić information content (AvgIpc) is 2.53. The van der Waals surface area contributed by atoms with Gasteiger partial charge in [0.15, 0.2) is 6.54 Å². The van der Waals surface area contributed by atoms with Crippen molar-refractivity contribution in [2.75, 3.05) is 11.9 Å². The van der Waals surface area contributed by atoms with Crippen LogP contribution in [0.5, 0.6) is 0 Å². The van der Waals surface area contributed by atoms with Crippen LogP contribution in [0.25, 0.3) is 0 Å². The van der Waals surface area contributed by atoms with Crippen molar-refractivity contribution < 1.29 is 18.5 Å². The van der Waals surface area contributed by atoms with Gasteiger partial charge < -0.3 is 10.6 Å². The topological polar surface area (TPSA) is 83.1 Å². The highest BCUT2D eigenvalue weighted by atomic mass is 32.2. The number of carbonyl (C=O) groups is 1. The van der Waals surface area contributed by atoms with Crippen LogP contribution in [0, 0.1) is 0 Å². The average molecular weight is 369 g/mol. The van der Waals surface area contributed by atoms with Crippen molar-refractivity contribution in [3.05, 3.63) is 24.3 Å². The molecule has 1 aliphatic rings. The summed E-state index contributed by atoms with van der Waals surface area (Å²) in [6, 6.07) is 6.83. The molecule has 0 bridgehead atoms. The van der Waals surface area contributed by atoms with Gasteiger partial charge in [-0.05, 0) is 64.8 Å². The van der Waals surface area contributed by atoms with Crippen LogP contribution in [-0.4, -0.2) is 43.3 Å². The number of carbonyl (C=O) groups excluding carboxylic acids is 1. The monoisotopic (exact) mass is 368 g/mol. The molecule has 1 fully saturated rings. The fourth-order valence-corrected chi connectivity index (χ4v) is 5.14. The molecule has 1 heterocycles. The Hall–Kier alpha value is -1.44. The van der Waals surface area contributed by atoms with Crippen molar-refractivity contribution in [1.29, 1.82) is 0 Å². The molecule has 0 radical (unpaired) electrons. The Morgan fingerprint density at radius 1 is 1.20 bits per heavy atom. The van der Waals surface area contributed by atoms with E-state index in [4.69, 9.17) is 0 Å². The molecule has 6 nitrogen and oxygen atoms in total. The summed E-state index contributed by atoms with van der Waals surface area (Å²) < 4.78 is 27.5. The lowest BCUT2D eigenvalue weighted by molar-refractivity contribution is -0.672. The van der Waals surface area contributed by atoms with Crippen LogP contribution in [0.1, 0.15) is 47.0 Å². The lowest BCUT2D eigenvalue weighted by Crippen LogP contribution is -2.90. The van der Waals surface area contributed by atoms with E-state index in [1.807, 2.05) is 33.0 Å². The van der Waals surface area contributed by atoms with E-state index in [9.17, 15) is 13.2 Å². The zero-order valence-electron chi connectivity index (χ0n) is 15.5. The SMILES string of the molecule is CC(C)[NH2+]CC(=O)Nc1ccc(S(=O)(=O)N2[C@H](C)CCC[C@@H]2C)cc1. The summed E-state index contributed by atoms with van der Waals surface area (Å²) in [4.78, 5) is 12.1. The molecular weight excluding hydrogens is 338 g/mol. The van der Waals surface area contributed by atoms with Crippen molar-refractivity contribution in [3.63, 3.8) is 0 Å². The quantitative estimate of drug-likeness (QED) is 0.799. The van der Waals surface area contributed by atoms with Gasteiger partial charge in [-0.2, -0.15) is 4.31 Å². The number of hydrogen-bond donors (Lipinski definition) is 2. The first-order valence-corrected chi connectivity index (χ1v) is 10.4. The molecule has 0 aliphatic carbocycles. The molecule has 1 amide bonds. The van der Waals surface area contributed by atoms with Gasteiger partial charge in [0.25, 0.3) is 5.91 Å². The lowest BCUT2D eigenvalue weighted by atomic mass is 10.0. The van der Waals surface area contributed by atoms with Crippen molar-refractivity contribution in [2.45, 2.75) is 70.0 Å². The fraction of sp³-hybridized carbons (Fsp3) is 0.611. The van der Waals surface area contributed by atoms with Crippen LogP contribution in [0.2, 0.25) is 0 Å². The molecule has 0 aromatic heterocycles. The number of sulfonamides is 1. The highest BCUT2D eigenvalue weighted by Crippen LogP contribution is 2.29. The third-order valence-corrected chi connectivity index (χ3v) is 6.74. The minimum Gasteiger partial charge on any atom is -0.336 e. The van der Waals surface area contributed by atoms with Crippen LogP contribution in [0.15, 0.2) is 29.2 Å². The normalized spacial score (nSPS) is 22.1. The first kappa shape index (κ1) is 19.9. The maximum absolute atomic E-state index is 13.0. The zero-order chi connectivity index (χ0) is 18.6. The summed E-state index contributed by atoms with van der Waals surface area (Å²) in [6.45, 7) is 8.33. The summed E-state index contributed by atoms with van der Waals surface area (Å²) in [5.41, 5.74) is 0.612. The number of benzene rings is 1. The van der Waals surface area contributed by atoms with Gasteiger partial charge in [-0.15, -0.1) is 0 Å². The molecule has 1 saturated heterocycles. The molecule has 25 heavy (non-hydrogen) atoms. The van der Waals surface area contributed by atoms with Gasteiger partial charge in [0.2, 0.25) is 10.0 Å². The van der Waals surface area contributed by atoms with Gasteiger partial charge in [-0.3, -0.25) is 4.79 Å². The second-order valence-corrected chi connectivity index (χ2v) is 9.06. The highest BCUT2D eigenvalue weighted by Gasteiger charge is 2.35. The molecule has 7 heteroatoms. The van der Waals surface area contributed by atoms with E-state index in [-0.39, 0.29) is 22.9 Å². The standard InChI is InChI=1S/C18H29N3O3S/c1-13(2)19-12-18(22)20-16-8-10-17(11-9-16)25(23,24)21-14(3)6-5-7-15(21)4/h8-11,13-15,19H,5-7,12H2,1-4H3,(H,20,22)/p+1/t14-,15+. The van der Waals surface area contributed by atoms with E-state index in [1.54, 1.807) is 28.6 Å². The van der Waals surface area contributed by atoms with Gasteiger partial charge in [0, 0.05) is 17.8 Å². The van der Waals surface area contributed by atoms with Crippen LogP contribution in [-0.2, 0) is 14.8 Å². The van der Waals surface area contributed by atoms with E-state index in [0.29, 0.717) is 18.3 Å². The van der Waals surface area contributed by atoms with Gasteiger partial charge in [0.05, 0.1) is 10.9 Å². The maximum atomic E-state index is 13.0. The Labute approximate surface area is 151 Å². The molecule has 1 aliphatic heterocycles. The number of rotatable bonds is 6. The molecule has 0 spiro atoms. The Morgan fingerprint density at radius 2 is 1.76 bits per heavy atom. The Morgan fingerprint density at radius 3 is 2.28 bits per heavy atom. The number of amides is 1. The third-order valence-electron chi connectivity index (χ3n) is 4.60. The number of hydrogen-bond acceptors (Lipinski definition) is 3. The summed E-state index contributed by atoms with van der Waals surface area (Å²) in [7, 11) is -3.51. The van der Waals surface area contributed by atoms with Gasteiger partial charge in [-0.1, -0.05) is 6.42 Å². The van der Waals surface area contributed by atoms with Gasteiger partial charge in [-0.25, -0.2) is 8.42 Å². The van der Waals surface area contributed by atoms with Crippen molar-refractivity contribution in [3.8, 4) is 0 Å². The molecule has 140 valence electrons. The molecule has 2 rings (SSSR count). The number of anilines is 1. The van der Waals surface area contributed by atoms with Crippen LogP contribution < -0.4 is 10.6 Å². The largest absolute Gasteiger partial charge is 0.336 e. The number of nitrogens with two attached hydrogens (primary N) is 1. The molecule has 1 aromatic carbocycles. The first-order valence-electron chi connectivity index (χ1n) is 8.98. The van der Waals surface area contributed by atoms with E-state index in [1.165, 1.54) is 0 Å².